The molecule has 0 heterocycles. The zero-order valence-corrected chi connectivity index (χ0v) is 10.4. The van der Waals surface area contributed by atoms with Crippen LogP contribution >= 0.6 is 0 Å². The van der Waals surface area contributed by atoms with E-state index in [0.717, 1.165) is 0 Å². The van der Waals surface area contributed by atoms with Crippen molar-refractivity contribution in [2.45, 2.75) is 5.75 Å². The van der Waals surface area contributed by atoms with Crippen LogP contribution < -0.4 is 10.0 Å². The number of sulfonamides is 1. The summed E-state index contributed by atoms with van der Waals surface area (Å²) >= 11 is 0. The normalized spacial score (nSPS) is 11.1. The van der Waals surface area contributed by atoms with Crippen molar-refractivity contribution in [1.29, 1.82) is 5.26 Å². The largest absolute Gasteiger partial charge is 0.318 e. The molecule has 0 saturated heterocycles. The van der Waals surface area contributed by atoms with Crippen molar-refractivity contribution in [3.05, 3.63) is 35.4 Å². The van der Waals surface area contributed by atoms with Gasteiger partial charge in [0.05, 0.1) is 17.4 Å². The summed E-state index contributed by atoms with van der Waals surface area (Å²) in [4.78, 5) is 0. The van der Waals surface area contributed by atoms with E-state index in [9.17, 15) is 8.42 Å². The van der Waals surface area contributed by atoms with Crippen LogP contribution in [-0.4, -0.2) is 28.6 Å². The highest BCUT2D eigenvalue weighted by molar-refractivity contribution is 7.88. The van der Waals surface area contributed by atoms with E-state index >= 15 is 0 Å². The molecule has 0 aliphatic heterocycles. The van der Waals surface area contributed by atoms with Gasteiger partial charge in [0.1, 0.15) is 0 Å². The minimum absolute atomic E-state index is 0.0670. The molecule has 2 N–H and O–H groups in total. The highest BCUT2D eigenvalue weighted by Gasteiger charge is 2.10. The quantitative estimate of drug-likeness (QED) is 0.709. The lowest BCUT2D eigenvalue weighted by Gasteiger charge is -2.06. The molecule has 0 atom stereocenters. The van der Waals surface area contributed by atoms with E-state index in [1.165, 1.54) is 0 Å². The van der Waals surface area contributed by atoms with Gasteiger partial charge in [-0.15, -0.1) is 0 Å². The number of nitriles is 1. The Kier molecular flexibility index (Phi) is 5.10. The molecule has 5 nitrogen and oxygen atoms in total. The molecule has 1 rings (SSSR count). The first-order valence-corrected chi connectivity index (χ1v) is 6.83. The van der Waals surface area contributed by atoms with Crippen LogP contribution in [0.25, 0.3) is 0 Å². The summed E-state index contributed by atoms with van der Waals surface area (Å²) in [6, 6.07) is 8.50. The molecule has 0 aliphatic rings. The van der Waals surface area contributed by atoms with Crippen LogP contribution in [-0.2, 0) is 15.8 Å². The Hall–Kier alpha value is -1.42. The fourth-order valence-corrected chi connectivity index (χ4v) is 2.42. The maximum Gasteiger partial charge on any atom is 0.215 e. The Bertz CT molecular complexity index is 488. The van der Waals surface area contributed by atoms with E-state index in [0.29, 0.717) is 24.2 Å². The third-order valence-electron chi connectivity index (χ3n) is 2.14. The van der Waals surface area contributed by atoms with Crippen LogP contribution in [0.3, 0.4) is 0 Å². The van der Waals surface area contributed by atoms with E-state index in [1.54, 1.807) is 31.3 Å². The number of nitrogens with zero attached hydrogens (tertiary/aromatic N) is 1. The van der Waals surface area contributed by atoms with Gasteiger partial charge in [-0.25, -0.2) is 13.1 Å². The SMILES string of the molecule is CNCCNS(=O)(=O)Cc1ccc(C#N)cc1. The maximum absolute atomic E-state index is 11.6. The predicted molar refractivity (Wildman–Crippen MR) is 65.7 cm³/mol. The van der Waals surface area contributed by atoms with Gasteiger partial charge in [-0.3, -0.25) is 0 Å². The first kappa shape index (κ1) is 13.6. The van der Waals surface area contributed by atoms with Crippen molar-refractivity contribution < 1.29 is 8.42 Å². The maximum atomic E-state index is 11.6. The van der Waals surface area contributed by atoms with Gasteiger partial charge in [0.15, 0.2) is 0 Å². The van der Waals surface area contributed by atoms with E-state index in [4.69, 9.17) is 5.26 Å². The third-order valence-corrected chi connectivity index (χ3v) is 3.49. The topological polar surface area (TPSA) is 82.0 Å². The molecule has 0 radical (unpaired) electrons. The molecule has 6 heteroatoms. The average molecular weight is 253 g/mol. The van der Waals surface area contributed by atoms with E-state index in [1.807, 2.05) is 6.07 Å². The molecule has 17 heavy (non-hydrogen) atoms. The lowest BCUT2D eigenvalue weighted by Crippen LogP contribution is -2.31. The standard InChI is InChI=1S/C11H15N3O2S/c1-13-6-7-14-17(15,16)9-11-4-2-10(8-12)3-5-11/h2-5,13-14H,6-7,9H2,1H3. The molecular weight excluding hydrogens is 238 g/mol. The van der Waals surface area contributed by atoms with Crippen molar-refractivity contribution >= 4 is 10.0 Å². The van der Waals surface area contributed by atoms with E-state index in [-0.39, 0.29) is 5.75 Å². The first-order valence-electron chi connectivity index (χ1n) is 5.18. The fraction of sp³-hybridized carbons (Fsp3) is 0.364. The second-order valence-corrected chi connectivity index (χ2v) is 5.37. The molecule has 0 amide bonds. The molecule has 1 aromatic rings. The molecule has 0 unspecified atom stereocenters. The number of likely N-dealkylation sites (N-methyl/N-ethyl adjacent to an activating group) is 1. The lowest BCUT2D eigenvalue weighted by atomic mass is 10.2. The predicted octanol–water partition coefficient (Wildman–Crippen LogP) is 0.197. The van der Waals surface area contributed by atoms with Crippen LogP contribution in [0.2, 0.25) is 0 Å². The average Bonchev–Trinajstić information content (AvgIpc) is 2.30. The van der Waals surface area contributed by atoms with Crippen LogP contribution in [0.15, 0.2) is 24.3 Å². The zero-order chi connectivity index (χ0) is 12.7. The molecule has 0 fully saturated rings. The Morgan fingerprint density at radius 1 is 1.24 bits per heavy atom. The molecule has 92 valence electrons. The Morgan fingerprint density at radius 2 is 1.88 bits per heavy atom. The van der Waals surface area contributed by atoms with Crippen molar-refractivity contribution in [3.8, 4) is 6.07 Å². The lowest BCUT2D eigenvalue weighted by molar-refractivity contribution is 0.578. The molecule has 0 aliphatic carbocycles. The number of nitrogens with one attached hydrogen (secondary N) is 2. The highest BCUT2D eigenvalue weighted by atomic mass is 32.2. The highest BCUT2D eigenvalue weighted by Crippen LogP contribution is 2.06. The Balaban J connectivity index is 2.60. The van der Waals surface area contributed by atoms with Gasteiger partial charge >= 0.3 is 0 Å². The molecule has 0 aromatic heterocycles. The van der Waals surface area contributed by atoms with Gasteiger partial charge in [0, 0.05) is 13.1 Å². The summed E-state index contributed by atoms with van der Waals surface area (Å²) in [5, 5.41) is 11.5. The molecule has 1 aromatic carbocycles. The second kappa shape index (κ2) is 6.35. The summed E-state index contributed by atoms with van der Waals surface area (Å²) < 4.78 is 25.7. The van der Waals surface area contributed by atoms with E-state index in [2.05, 4.69) is 10.0 Å². The summed E-state index contributed by atoms with van der Waals surface area (Å²) in [6.45, 7) is 0.960. The number of hydrogen-bond donors (Lipinski definition) is 2. The van der Waals surface area contributed by atoms with Gasteiger partial charge < -0.3 is 5.32 Å². The van der Waals surface area contributed by atoms with Crippen LogP contribution in [0.1, 0.15) is 11.1 Å². The molecule has 0 spiro atoms. The summed E-state index contributed by atoms with van der Waals surface area (Å²) in [5.74, 6) is -0.0670. The van der Waals surface area contributed by atoms with Gasteiger partial charge in [-0.2, -0.15) is 5.26 Å². The first-order chi connectivity index (χ1) is 8.07. The minimum atomic E-state index is -3.30. The fourth-order valence-electron chi connectivity index (χ4n) is 1.28. The summed E-state index contributed by atoms with van der Waals surface area (Å²) in [5.41, 5.74) is 1.19. The zero-order valence-electron chi connectivity index (χ0n) is 9.60. The third kappa shape index (κ3) is 4.95. The number of benzene rings is 1. The molecule has 0 saturated carbocycles. The molecule has 0 bridgehead atoms. The van der Waals surface area contributed by atoms with Crippen LogP contribution in [0.5, 0.6) is 0 Å². The van der Waals surface area contributed by atoms with Gasteiger partial charge in [0.25, 0.3) is 0 Å². The van der Waals surface area contributed by atoms with Crippen molar-refractivity contribution in [1.82, 2.24) is 10.0 Å². The minimum Gasteiger partial charge on any atom is -0.318 e. The molecular formula is C11H15N3O2S. The van der Waals surface area contributed by atoms with Crippen LogP contribution in [0, 0.1) is 11.3 Å². The van der Waals surface area contributed by atoms with E-state index < -0.39 is 10.0 Å². The Morgan fingerprint density at radius 3 is 2.41 bits per heavy atom. The van der Waals surface area contributed by atoms with Gasteiger partial charge in [-0.1, -0.05) is 12.1 Å². The Labute approximate surface area is 102 Å². The smallest absolute Gasteiger partial charge is 0.215 e. The van der Waals surface area contributed by atoms with Crippen LogP contribution in [0.4, 0.5) is 0 Å². The van der Waals surface area contributed by atoms with Crippen molar-refractivity contribution in [3.63, 3.8) is 0 Å². The van der Waals surface area contributed by atoms with Crippen molar-refractivity contribution in [2.24, 2.45) is 0 Å². The number of hydrogen-bond acceptors (Lipinski definition) is 4. The van der Waals surface area contributed by atoms with Crippen molar-refractivity contribution in [2.75, 3.05) is 20.1 Å². The summed E-state index contributed by atoms with van der Waals surface area (Å²) in [7, 11) is -1.54. The number of rotatable bonds is 6. The summed E-state index contributed by atoms with van der Waals surface area (Å²) in [6.07, 6.45) is 0. The van der Waals surface area contributed by atoms with Gasteiger partial charge in [0.2, 0.25) is 10.0 Å². The second-order valence-electron chi connectivity index (χ2n) is 3.57. The monoisotopic (exact) mass is 253 g/mol. The van der Waals surface area contributed by atoms with Gasteiger partial charge in [-0.05, 0) is 24.7 Å².